The standard InChI is InChI=1S/C24H27FN2O5/c1-2-32-24(31)20(11-8-16-6-4-3-5-7-16)26-19-12-9-17-14-18(25)10-13-21(17)27(23(19)30)15-22(28)29/h3-7,10,13-14,19-20,26H,2,8-9,11-12,15H2,1H3,(H,28,29)/t19-,20?/m0/s1. The Hall–Kier alpha value is -3.26. The molecule has 0 aliphatic carbocycles. The second-order valence-electron chi connectivity index (χ2n) is 7.68. The van der Waals surface area contributed by atoms with Gasteiger partial charge in [0.2, 0.25) is 5.91 Å². The van der Waals surface area contributed by atoms with Crippen LogP contribution in [0.2, 0.25) is 0 Å². The Balaban J connectivity index is 1.82. The maximum atomic E-state index is 13.8. The molecule has 8 heteroatoms. The number of carbonyl (C=O) groups is 3. The number of rotatable bonds is 9. The van der Waals surface area contributed by atoms with Crippen LogP contribution < -0.4 is 10.2 Å². The lowest BCUT2D eigenvalue weighted by Crippen LogP contribution is -2.53. The van der Waals surface area contributed by atoms with Crippen molar-refractivity contribution in [1.29, 1.82) is 0 Å². The van der Waals surface area contributed by atoms with E-state index in [4.69, 9.17) is 4.74 Å². The molecule has 1 heterocycles. The van der Waals surface area contributed by atoms with Crippen molar-refractivity contribution in [2.75, 3.05) is 18.1 Å². The molecule has 0 spiro atoms. The van der Waals surface area contributed by atoms with Crippen LogP contribution in [0, 0.1) is 5.82 Å². The van der Waals surface area contributed by atoms with Crippen molar-refractivity contribution in [2.24, 2.45) is 0 Å². The van der Waals surface area contributed by atoms with Gasteiger partial charge in [0.1, 0.15) is 18.4 Å². The molecule has 2 aromatic rings. The average Bonchev–Trinajstić information content (AvgIpc) is 2.88. The summed E-state index contributed by atoms with van der Waals surface area (Å²) in [5.41, 5.74) is 1.98. The van der Waals surface area contributed by atoms with Crippen LogP contribution >= 0.6 is 0 Å². The predicted octanol–water partition coefficient (Wildman–Crippen LogP) is 2.71. The molecule has 1 aliphatic heterocycles. The first kappa shape index (κ1) is 23.4. The van der Waals surface area contributed by atoms with Gasteiger partial charge in [0.15, 0.2) is 0 Å². The van der Waals surface area contributed by atoms with E-state index >= 15 is 0 Å². The number of amides is 1. The lowest BCUT2D eigenvalue weighted by atomic mass is 10.0. The number of aliphatic carboxylic acids is 1. The van der Waals surface area contributed by atoms with Crippen molar-refractivity contribution < 1.29 is 28.6 Å². The number of esters is 1. The number of benzene rings is 2. The highest BCUT2D eigenvalue weighted by atomic mass is 19.1. The fraction of sp³-hybridized carbons (Fsp3) is 0.375. The molecule has 2 atom stereocenters. The van der Waals surface area contributed by atoms with E-state index in [1.165, 1.54) is 18.2 Å². The molecular weight excluding hydrogens is 415 g/mol. The maximum Gasteiger partial charge on any atom is 0.323 e. The number of nitrogens with zero attached hydrogens (tertiary/aromatic N) is 1. The van der Waals surface area contributed by atoms with Crippen molar-refractivity contribution in [2.45, 2.75) is 44.7 Å². The minimum Gasteiger partial charge on any atom is -0.480 e. The summed E-state index contributed by atoms with van der Waals surface area (Å²) in [5.74, 6) is -2.56. The average molecular weight is 442 g/mol. The van der Waals surface area contributed by atoms with Crippen molar-refractivity contribution in [1.82, 2.24) is 5.32 Å². The molecule has 0 bridgehead atoms. The van der Waals surface area contributed by atoms with Gasteiger partial charge in [-0.3, -0.25) is 24.6 Å². The predicted molar refractivity (Wildman–Crippen MR) is 117 cm³/mol. The normalized spacial score (nSPS) is 16.8. The molecule has 2 aromatic carbocycles. The molecule has 3 rings (SSSR count). The molecule has 1 amide bonds. The highest BCUT2D eigenvalue weighted by Crippen LogP contribution is 2.28. The molecule has 170 valence electrons. The van der Waals surface area contributed by atoms with Gasteiger partial charge in [0.05, 0.1) is 12.6 Å². The summed E-state index contributed by atoms with van der Waals surface area (Å²) in [6, 6.07) is 12.0. The molecule has 1 aliphatic rings. The summed E-state index contributed by atoms with van der Waals surface area (Å²) in [5, 5.41) is 12.4. The summed E-state index contributed by atoms with van der Waals surface area (Å²) in [4.78, 5) is 38.4. The first-order chi connectivity index (χ1) is 15.4. The summed E-state index contributed by atoms with van der Waals surface area (Å²) in [7, 11) is 0. The minimum absolute atomic E-state index is 0.205. The van der Waals surface area contributed by atoms with Crippen LogP contribution in [0.25, 0.3) is 0 Å². The fourth-order valence-electron chi connectivity index (χ4n) is 3.91. The van der Waals surface area contributed by atoms with Gasteiger partial charge in [0.25, 0.3) is 0 Å². The van der Waals surface area contributed by atoms with E-state index in [0.29, 0.717) is 36.9 Å². The maximum absolute atomic E-state index is 13.8. The van der Waals surface area contributed by atoms with Crippen LogP contribution in [-0.4, -0.2) is 48.2 Å². The smallest absolute Gasteiger partial charge is 0.323 e. The van der Waals surface area contributed by atoms with Crippen LogP contribution in [0.15, 0.2) is 48.5 Å². The number of hydrogen-bond acceptors (Lipinski definition) is 5. The van der Waals surface area contributed by atoms with E-state index in [9.17, 15) is 23.9 Å². The quantitative estimate of drug-likeness (QED) is 0.580. The number of anilines is 1. The number of fused-ring (bicyclic) bond motifs is 1. The van der Waals surface area contributed by atoms with Crippen LogP contribution in [0.4, 0.5) is 10.1 Å². The number of halogens is 1. The lowest BCUT2D eigenvalue weighted by molar-refractivity contribution is -0.146. The van der Waals surface area contributed by atoms with E-state index in [1.54, 1.807) is 6.92 Å². The Morgan fingerprint density at radius 3 is 2.69 bits per heavy atom. The number of carboxylic acid groups (broad SMARTS) is 1. The van der Waals surface area contributed by atoms with Crippen molar-refractivity contribution in [3.05, 3.63) is 65.5 Å². The topological polar surface area (TPSA) is 95.9 Å². The van der Waals surface area contributed by atoms with Gasteiger partial charge in [-0.15, -0.1) is 0 Å². The number of carboxylic acids is 1. The Labute approximate surface area is 186 Å². The van der Waals surface area contributed by atoms with Gasteiger partial charge in [-0.25, -0.2) is 4.39 Å². The third-order valence-electron chi connectivity index (χ3n) is 5.43. The zero-order valence-electron chi connectivity index (χ0n) is 17.9. The number of hydrogen-bond donors (Lipinski definition) is 2. The Bertz CT molecular complexity index is 966. The van der Waals surface area contributed by atoms with Crippen LogP contribution in [0.5, 0.6) is 0 Å². The Morgan fingerprint density at radius 1 is 1.25 bits per heavy atom. The number of aryl methyl sites for hydroxylation is 2. The monoisotopic (exact) mass is 442 g/mol. The molecular formula is C24H27FN2O5. The number of nitrogens with one attached hydrogen (secondary N) is 1. The highest BCUT2D eigenvalue weighted by Gasteiger charge is 2.34. The third kappa shape index (κ3) is 5.91. The van der Waals surface area contributed by atoms with E-state index in [0.717, 1.165) is 10.5 Å². The zero-order chi connectivity index (χ0) is 23.1. The summed E-state index contributed by atoms with van der Waals surface area (Å²) in [6.45, 7) is 1.36. The summed E-state index contributed by atoms with van der Waals surface area (Å²) in [6.07, 6.45) is 1.67. The molecule has 32 heavy (non-hydrogen) atoms. The van der Waals surface area contributed by atoms with E-state index in [2.05, 4.69) is 5.32 Å². The molecule has 0 radical (unpaired) electrons. The molecule has 0 saturated carbocycles. The van der Waals surface area contributed by atoms with Crippen molar-refractivity contribution in [3.8, 4) is 0 Å². The molecule has 0 saturated heterocycles. The van der Waals surface area contributed by atoms with Crippen LogP contribution in [0.1, 0.15) is 30.9 Å². The van der Waals surface area contributed by atoms with E-state index < -0.39 is 42.3 Å². The van der Waals surface area contributed by atoms with Crippen molar-refractivity contribution in [3.63, 3.8) is 0 Å². The SMILES string of the molecule is CCOC(=O)C(CCc1ccccc1)N[C@H]1CCc2cc(F)ccc2N(CC(=O)O)C1=O. The minimum atomic E-state index is -1.18. The zero-order valence-corrected chi connectivity index (χ0v) is 17.9. The largest absolute Gasteiger partial charge is 0.480 e. The molecule has 0 fully saturated rings. The van der Waals surface area contributed by atoms with E-state index in [-0.39, 0.29) is 6.61 Å². The fourth-order valence-corrected chi connectivity index (χ4v) is 3.91. The van der Waals surface area contributed by atoms with Gasteiger partial charge < -0.3 is 9.84 Å². The van der Waals surface area contributed by atoms with Gasteiger partial charge >= 0.3 is 11.9 Å². The molecule has 0 aromatic heterocycles. The second kappa shape index (κ2) is 10.9. The molecule has 2 N–H and O–H groups in total. The Morgan fingerprint density at radius 2 is 2.00 bits per heavy atom. The van der Waals surface area contributed by atoms with Gasteiger partial charge in [0, 0.05) is 5.69 Å². The molecule has 7 nitrogen and oxygen atoms in total. The van der Waals surface area contributed by atoms with Crippen LogP contribution in [0.3, 0.4) is 0 Å². The summed E-state index contributed by atoms with van der Waals surface area (Å²) < 4.78 is 19.0. The third-order valence-corrected chi connectivity index (χ3v) is 5.43. The number of carbonyl (C=O) groups excluding carboxylic acids is 2. The number of ether oxygens (including phenoxy) is 1. The van der Waals surface area contributed by atoms with E-state index in [1.807, 2.05) is 30.3 Å². The first-order valence-electron chi connectivity index (χ1n) is 10.7. The van der Waals surface area contributed by atoms with Gasteiger partial charge in [-0.1, -0.05) is 30.3 Å². The van der Waals surface area contributed by atoms with Crippen molar-refractivity contribution >= 4 is 23.5 Å². The second-order valence-corrected chi connectivity index (χ2v) is 7.68. The first-order valence-corrected chi connectivity index (χ1v) is 10.7. The highest BCUT2D eigenvalue weighted by molar-refractivity contribution is 6.02. The molecule has 1 unspecified atom stereocenters. The van der Waals surface area contributed by atoms with Gasteiger partial charge in [-0.2, -0.15) is 0 Å². The lowest BCUT2D eigenvalue weighted by Gasteiger charge is -2.27. The Kier molecular flexibility index (Phi) is 7.94. The van der Waals surface area contributed by atoms with Gasteiger partial charge in [-0.05, 0) is 61.9 Å². The summed E-state index contributed by atoms with van der Waals surface area (Å²) >= 11 is 0. The van der Waals surface area contributed by atoms with Crippen LogP contribution in [-0.2, 0) is 32.0 Å².